The second kappa shape index (κ2) is 5.63. The first-order valence-corrected chi connectivity index (χ1v) is 9.00. The summed E-state index contributed by atoms with van der Waals surface area (Å²) in [6, 6.07) is 0.629. The van der Waals surface area contributed by atoms with Gasteiger partial charge in [0, 0.05) is 11.6 Å². The van der Waals surface area contributed by atoms with Crippen LogP contribution < -0.4 is 11.2 Å². The summed E-state index contributed by atoms with van der Waals surface area (Å²) in [5, 5.41) is 5.56. The second-order valence-corrected chi connectivity index (χ2v) is 7.28. The zero-order chi connectivity index (χ0) is 17.8. The fraction of sp³-hybridized carbons (Fsp3) is 0.444. The van der Waals surface area contributed by atoms with Crippen LogP contribution in [0.1, 0.15) is 38.4 Å². The van der Waals surface area contributed by atoms with Crippen LogP contribution in [0.5, 0.6) is 0 Å². The summed E-state index contributed by atoms with van der Waals surface area (Å²) < 4.78 is 1.89. The third-order valence-electron chi connectivity index (χ3n) is 4.95. The molecule has 2 fully saturated rings. The normalized spacial score (nSPS) is 26.4. The van der Waals surface area contributed by atoms with Gasteiger partial charge in [0.2, 0.25) is 0 Å². The van der Waals surface area contributed by atoms with Crippen LogP contribution >= 0.6 is 0 Å². The lowest BCUT2D eigenvalue weighted by molar-refractivity contribution is 0.0654. The van der Waals surface area contributed by atoms with Crippen LogP contribution in [-0.2, 0) is 4.84 Å². The molecule has 0 amide bonds. The molecule has 26 heavy (non-hydrogen) atoms. The molecular formula is C18H21N7O. The highest BCUT2D eigenvalue weighted by atomic mass is 16.7. The van der Waals surface area contributed by atoms with Gasteiger partial charge in [0.05, 0.1) is 17.3 Å². The third kappa shape index (κ3) is 2.40. The molecule has 3 N–H and O–H groups in total. The monoisotopic (exact) mass is 351 g/mol. The fourth-order valence-corrected chi connectivity index (χ4v) is 3.43. The minimum atomic E-state index is -0.0994. The molecule has 1 saturated heterocycles. The summed E-state index contributed by atoms with van der Waals surface area (Å²) in [7, 11) is 0. The number of hydrogen-bond acceptors (Lipinski definition) is 6. The largest absolute Gasteiger partial charge is 0.383 e. The quantitative estimate of drug-likeness (QED) is 0.877. The van der Waals surface area contributed by atoms with E-state index in [0.29, 0.717) is 11.9 Å². The number of rotatable bonds is 3. The van der Waals surface area contributed by atoms with E-state index in [4.69, 9.17) is 20.7 Å². The van der Waals surface area contributed by atoms with Gasteiger partial charge in [-0.2, -0.15) is 5.10 Å². The third-order valence-corrected chi connectivity index (χ3v) is 4.95. The second-order valence-electron chi connectivity index (χ2n) is 7.28. The molecule has 2 aliphatic carbocycles. The van der Waals surface area contributed by atoms with Crippen LogP contribution in [0.15, 0.2) is 29.5 Å². The average Bonchev–Trinajstić information content (AvgIpc) is 3.21. The molecule has 134 valence electrons. The summed E-state index contributed by atoms with van der Waals surface area (Å²) in [4.78, 5) is 19.0. The fourth-order valence-electron chi connectivity index (χ4n) is 3.43. The smallest absolute Gasteiger partial charge is 0.164 e. The number of hydrogen-bond donors (Lipinski definition) is 2. The van der Waals surface area contributed by atoms with E-state index < -0.39 is 0 Å². The standard InChI is InChI=1S/C18H21N7O/c1-9(2)25-18-14(16(19)20-8-21-18)15(23-25)10-3-6-12-13(7-10)26-24-17(12)22-11-4-5-11/h3,6-9,11-13H,4-5H2,1-2H3,(H,22,24)(H2,19,20,21). The van der Waals surface area contributed by atoms with Gasteiger partial charge >= 0.3 is 0 Å². The van der Waals surface area contributed by atoms with Crippen LogP contribution in [0.3, 0.4) is 0 Å². The van der Waals surface area contributed by atoms with Gasteiger partial charge in [-0.1, -0.05) is 12.2 Å². The number of allylic oxidation sites excluding steroid dienone is 2. The highest BCUT2D eigenvalue weighted by Gasteiger charge is 2.36. The molecule has 5 rings (SSSR count). The van der Waals surface area contributed by atoms with E-state index in [1.807, 2.05) is 4.68 Å². The van der Waals surface area contributed by atoms with E-state index >= 15 is 0 Å². The van der Waals surface area contributed by atoms with Crippen molar-refractivity contribution in [2.45, 2.75) is 44.9 Å². The van der Waals surface area contributed by atoms with Crippen molar-refractivity contribution in [2.24, 2.45) is 10.9 Å². The number of nitrogens with zero attached hydrogens (tertiary/aromatic N) is 5. The Balaban J connectivity index is 1.56. The maximum atomic E-state index is 6.15. The molecule has 0 spiro atoms. The Hall–Kier alpha value is -2.74. The van der Waals surface area contributed by atoms with Crippen molar-refractivity contribution in [3.63, 3.8) is 0 Å². The van der Waals surface area contributed by atoms with E-state index in [9.17, 15) is 0 Å². The number of aromatic nitrogens is 4. The summed E-state index contributed by atoms with van der Waals surface area (Å²) in [5.74, 6) is 1.49. The van der Waals surface area contributed by atoms with E-state index in [1.54, 1.807) is 0 Å². The Bertz CT molecular complexity index is 967. The van der Waals surface area contributed by atoms with Crippen LogP contribution in [0.4, 0.5) is 5.82 Å². The van der Waals surface area contributed by atoms with Crippen molar-refractivity contribution in [1.29, 1.82) is 0 Å². The minimum Gasteiger partial charge on any atom is -0.383 e. The number of hydroxylamine groups is 1. The first kappa shape index (κ1) is 15.5. The lowest BCUT2D eigenvalue weighted by Gasteiger charge is -2.15. The van der Waals surface area contributed by atoms with E-state index in [-0.39, 0.29) is 18.1 Å². The molecule has 2 atom stereocenters. The number of anilines is 1. The predicted molar refractivity (Wildman–Crippen MR) is 99.2 cm³/mol. The molecule has 3 heterocycles. The molecule has 2 aromatic heterocycles. The van der Waals surface area contributed by atoms with Crippen molar-refractivity contribution in [3.8, 4) is 0 Å². The SMILES string of the molecule is CC(C)n1nc(C2=CC3ONC(=NC4CC4)C3C=C2)c2c(N)ncnc21. The van der Waals surface area contributed by atoms with E-state index in [0.717, 1.165) is 28.1 Å². The molecule has 8 nitrogen and oxygen atoms in total. The van der Waals surface area contributed by atoms with Crippen LogP contribution in [-0.4, -0.2) is 37.7 Å². The van der Waals surface area contributed by atoms with Crippen LogP contribution in [0.2, 0.25) is 0 Å². The zero-order valence-electron chi connectivity index (χ0n) is 14.8. The van der Waals surface area contributed by atoms with Gasteiger partial charge < -0.3 is 5.73 Å². The number of nitrogens with two attached hydrogens (primary N) is 1. The zero-order valence-corrected chi connectivity index (χ0v) is 14.8. The molecule has 0 radical (unpaired) electrons. The number of amidine groups is 1. The van der Waals surface area contributed by atoms with Gasteiger partial charge in [0.1, 0.15) is 29.8 Å². The van der Waals surface area contributed by atoms with Gasteiger partial charge in [-0.15, -0.1) is 0 Å². The Morgan fingerprint density at radius 2 is 2.19 bits per heavy atom. The molecule has 1 saturated carbocycles. The first-order chi connectivity index (χ1) is 12.6. The molecule has 2 unspecified atom stereocenters. The van der Waals surface area contributed by atoms with Gasteiger partial charge in [-0.3, -0.25) is 15.3 Å². The molecule has 2 aromatic rings. The van der Waals surface area contributed by atoms with Crippen molar-refractivity contribution in [3.05, 3.63) is 30.2 Å². The average molecular weight is 351 g/mol. The Kier molecular flexibility index (Phi) is 3.36. The molecule has 1 aliphatic heterocycles. The molecule has 8 heteroatoms. The number of nitrogen functional groups attached to an aromatic ring is 1. The van der Waals surface area contributed by atoms with Crippen molar-refractivity contribution < 1.29 is 4.84 Å². The molecular weight excluding hydrogens is 330 g/mol. The van der Waals surface area contributed by atoms with Crippen molar-refractivity contribution in [1.82, 2.24) is 25.2 Å². The minimum absolute atomic E-state index is 0.0994. The van der Waals surface area contributed by atoms with Crippen LogP contribution in [0.25, 0.3) is 16.6 Å². The summed E-state index contributed by atoms with van der Waals surface area (Å²) in [5.41, 5.74) is 11.6. The Labute approximate surface area is 150 Å². The van der Waals surface area contributed by atoms with Gasteiger partial charge in [0.15, 0.2) is 5.65 Å². The molecule has 0 bridgehead atoms. The summed E-state index contributed by atoms with van der Waals surface area (Å²) in [6.07, 6.45) is 9.99. The molecule has 0 aromatic carbocycles. The maximum absolute atomic E-state index is 6.15. The number of aliphatic imine (C=N–C) groups is 1. The first-order valence-electron chi connectivity index (χ1n) is 9.00. The van der Waals surface area contributed by atoms with Crippen LogP contribution in [0, 0.1) is 5.92 Å². The Morgan fingerprint density at radius 3 is 2.96 bits per heavy atom. The van der Waals surface area contributed by atoms with Gasteiger partial charge in [-0.05, 0) is 32.8 Å². The lowest BCUT2D eigenvalue weighted by Crippen LogP contribution is -2.21. The lowest BCUT2D eigenvalue weighted by atomic mass is 9.92. The van der Waals surface area contributed by atoms with Crippen molar-refractivity contribution in [2.75, 3.05) is 5.73 Å². The van der Waals surface area contributed by atoms with E-state index in [2.05, 4.69) is 47.5 Å². The van der Waals surface area contributed by atoms with Gasteiger partial charge in [0.25, 0.3) is 0 Å². The predicted octanol–water partition coefficient (Wildman–Crippen LogP) is 2.02. The van der Waals surface area contributed by atoms with Crippen molar-refractivity contribution >= 4 is 28.3 Å². The molecule has 3 aliphatic rings. The Morgan fingerprint density at radius 1 is 1.35 bits per heavy atom. The topological polar surface area (TPSA) is 103 Å². The highest BCUT2D eigenvalue weighted by Crippen LogP contribution is 2.35. The van der Waals surface area contributed by atoms with E-state index in [1.165, 1.54) is 19.2 Å². The summed E-state index contributed by atoms with van der Waals surface area (Å²) in [6.45, 7) is 4.14. The maximum Gasteiger partial charge on any atom is 0.164 e. The number of nitrogens with one attached hydrogen (secondary N) is 1. The van der Waals surface area contributed by atoms with Gasteiger partial charge in [-0.25, -0.2) is 14.6 Å². The highest BCUT2D eigenvalue weighted by molar-refractivity contribution is 5.99. The summed E-state index contributed by atoms with van der Waals surface area (Å²) >= 11 is 0. The number of fused-ring (bicyclic) bond motifs is 2.